The van der Waals surface area contributed by atoms with E-state index in [-0.39, 0.29) is 12.5 Å². The molecule has 0 radical (unpaired) electrons. The van der Waals surface area contributed by atoms with Crippen LogP contribution in [0.1, 0.15) is 32.1 Å². The molecular formula is C10H15F3N2. The van der Waals surface area contributed by atoms with Gasteiger partial charge in [0, 0.05) is 6.42 Å². The number of rotatable bonds is 3. The van der Waals surface area contributed by atoms with Crippen molar-refractivity contribution in [3.63, 3.8) is 0 Å². The molecule has 1 fully saturated rings. The Labute approximate surface area is 87.7 Å². The number of halogens is 3. The van der Waals surface area contributed by atoms with E-state index in [2.05, 4.69) is 6.07 Å². The van der Waals surface area contributed by atoms with Crippen LogP contribution in [0.5, 0.6) is 0 Å². The summed E-state index contributed by atoms with van der Waals surface area (Å²) in [6.07, 6.45) is -1.93. The quantitative estimate of drug-likeness (QED) is 0.731. The van der Waals surface area contributed by atoms with Crippen LogP contribution in [0.15, 0.2) is 0 Å². The first-order chi connectivity index (χ1) is 7.03. The molecule has 0 N–H and O–H groups in total. The van der Waals surface area contributed by atoms with Crippen molar-refractivity contribution in [2.45, 2.75) is 44.3 Å². The smallest absolute Gasteiger partial charge is 0.288 e. The van der Waals surface area contributed by atoms with E-state index in [9.17, 15) is 13.2 Å². The number of hydrogen-bond donors (Lipinski definition) is 0. The zero-order valence-electron chi connectivity index (χ0n) is 8.56. The topological polar surface area (TPSA) is 27.0 Å². The molecular weight excluding hydrogens is 205 g/mol. The summed E-state index contributed by atoms with van der Waals surface area (Å²) in [5, 5.41) is 8.81. The maximum Gasteiger partial charge on any atom is 0.389 e. The van der Waals surface area contributed by atoms with Gasteiger partial charge in [-0.2, -0.15) is 18.4 Å². The molecule has 1 unspecified atom stereocenters. The van der Waals surface area contributed by atoms with Gasteiger partial charge in [-0.25, -0.2) is 0 Å². The maximum absolute atomic E-state index is 11.9. The van der Waals surface area contributed by atoms with Crippen molar-refractivity contribution in [3.05, 3.63) is 0 Å². The zero-order chi connectivity index (χ0) is 11.3. The minimum atomic E-state index is -4.07. The Morgan fingerprint density at radius 3 is 2.67 bits per heavy atom. The van der Waals surface area contributed by atoms with Crippen LogP contribution in [-0.4, -0.2) is 30.2 Å². The van der Waals surface area contributed by atoms with Crippen molar-refractivity contribution in [3.8, 4) is 6.07 Å². The van der Waals surface area contributed by atoms with Gasteiger partial charge in [-0.3, -0.25) is 4.90 Å². The van der Waals surface area contributed by atoms with Crippen molar-refractivity contribution in [1.82, 2.24) is 4.90 Å². The van der Waals surface area contributed by atoms with Crippen LogP contribution in [0.4, 0.5) is 13.2 Å². The molecule has 0 bridgehead atoms. The molecule has 5 heteroatoms. The fourth-order valence-electron chi connectivity index (χ4n) is 1.89. The normalized spacial score (nSPS) is 23.7. The van der Waals surface area contributed by atoms with Crippen LogP contribution >= 0.6 is 0 Å². The Morgan fingerprint density at radius 1 is 1.33 bits per heavy atom. The first-order valence-corrected chi connectivity index (χ1v) is 5.23. The van der Waals surface area contributed by atoms with Crippen molar-refractivity contribution in [1.29, 1.82) is 5.26 Å². The van der Waals surface area contributed by atoms with Gasteiger partial charge in [-0.05, 0) is 38.8 Å². The standard InChI is InChI=1S/C10H15F3N2/c11-10(12,13)5-3-7-15-6-2-1-4-9(15)8-14/h9H,1-7H2. The fraction of sp³-hybridized carbons (Fsp3) is 0.900. The van der Waals surface area contributed by atoms with E-state index in [0.29, 0.717) is 6.54 Å². The molecule has 1 atom stereocenters. The number of piperidine rings is 1. The van der Waals surface area contributed by atoms with E-state index >= 15 is 0 Å². The first-order valence-electron chi connectivity index (χ1n) is 5.23. The molecule has 0 amide bonds. The highest BCUT2D eigenvalue weighted by Crippen LogP contribution is 2.23. The van der Waals surface area contributed by atoms with Gasteiger partial charge in [0.2, 0.25) is 0 Å². The van der Waals surface area contributed by atoms with E-state index in [1.807, 2.05) is 4.90 Å². The summed E-state index contributed by atoms with van der Waals surface area (Å²) in [6.45, 7) is 1.15. The molecule has 0 aromatic carbocycles. The second-order valence-electron chi connectivity index (χ2n) is 3.90. The lowest BCUT2D eigenvalue weighted by Gasteiger charge is -2.31. The zero-order valence-corrected chi connectivity index (χ0v) is 8.56. The lowest BCUT2D eigenvalue weighted by Crippen LogP contribution is -2.39. The second-order valence-corrected chi connectivity index (χ2v) is 3.90. The maximum atomic E-state index is 11.9. The van der Waals surface area contributed by atoms with E-state index in [4.69, 9.17) is 5.26 Å². The van der Waals surface area contributed by atoms with Crippen molar-refractivity contribution in [2.24, 2.45) is 0 Å². The molecule has 0 saturated carbocycles. The third-order valence-electron chi connectivity index (χ3n) is 2.67. The molecule has 2 nitrogen and oxygen atoms in total. The van der Waals surface area contributed by atoms with E-state index in [0.717, 1.165) is 25.8 Å². The van der Waals surface area contributed by atoms with E-state index in [1.165, 1.54) is 0 Å². The van der Waals surface area contributed by atoms with Crippen LogP contribution in [0, 0.1) is 11.3 Å². The van der Waals surface area contributed by atoms with E-state index in [1.54, 1.807) is 0 Å². The molecule has 0 aromatic heterocycles. The van der Waals surface area contributed by atoms with Gasteiger partial charge in [-0.1, -0.05) is 0 Å². The molecule has 1 heterocycles. The number of nitrogens with zero attached hydrogens (tertiary/aromatic N) is 2. The third-order valence-corrected chi connectivity index (χ3v) is 2.67. The Hall–Kier alpha value is -0.760. The average Bonchev–Trinajstić information content (AvgIpc) is 2.16. The van der Waals surface area contributed by atoms with Crippen LogP contribution in [-0.2, 0) is 0 Å². The fourth-order valence-corrected chi connectivity index (χ4v) is 1.89. The summed E-state index contributed by atoms with van der Waals surface area (Å²) < 4.78 is 35.7. The van der Waals surface area contributed by atoms with Gasteiger partial charge < -0.3 is 0 Å². The Bertz CT molecular complexity index is 232. The van der Waals surface area contributed by atoms with Gasteiger partial charge in [0.15, 0.2) is 0 Å². The second kappa shape index (κ2) is 5.36. The van der Waals surface area contributed by atoms with Gasteiger partial charge >= 0.3 is 6.18 Å². The van der Waals surface area contributed by atoms with Crippen LogP contribution in [0.2, 0.25) is 0 Å². The van der Waals surface area contributed by atoms with Gasteiger partial charge in [0.1, 0.15) is 0 Å². The number of nitriles is 1. The molecule has 1 saturated heterocycles. The number of likely N-dealkylation sites (tertiary alicyclic amines) is 1. The molecule has 1 rings (SSSR count). The highest BCUT2D eigenvalue weighted by Gasteiger charge is 2.28. The number of alkyl halides is 3. The summed E-state index contributed by atoms with van der Waals surface area (Å²) >= 11 is 0. The van der Waals surface area contributed by atoms with Crippen molar-refractivity contribution in [2.75, 3.05) is 13.1 Å². The summed E-state index contributed by atoms with van der Waals surface area (Å²) in [5.74, 6) is 0. The highest BCUT2D eigenvalue weighted by atomic mass is 19.4. The Kier molecular flexibility index (Phi) is 4.40. The minimum Gasteiger partial charge on any atom is -0.288 e. The largest absolute Gasteiger partial charge is 0.389 e. The summed E-state index contributed by atoms with van der Waals surface area (Å²) in [7, 11) is 0. The monoisotopic (exact) mass is 220 g/mol. The third kappa shape index (κ3) is 4.52. The summed E-state index contributed by atoms with van der Waals surface area (Å²) in [4.78, 5) is 1.87. The Balaban J connectivity index is 2.27. The first kappa shape index (κ1) is 12.3. The Morgan fingerprint density at radius 2 is 2.07 bits per heavy atom. The van der Waals surface area contributed by atoms with Gasteiger partial charge in [0.05, 0.1) is 12.1 Å². The van der Waals surface area contributed by atoms with Crippen LogP contribution in [0.25, 0.3) is 0 Å². The molecule has 86 valence electrons. The molecule has 0 aliphatic carbocycles. The van der Waals surface area contributed by atoms with E-state index < -0.39 is 12.6 Å². The minimum absolute atomic E-state index is 0.0989. The predicted octanol–water partition coefficient (Wildman–Crippen LogP) is 2.71. The van der Waals surface area contributed by atoms with Crippen LogP contribution < -0.4 is 0 Å². The summed E-state index contributed by atoms with van der Waals surface area (Å²) in [6, 6.07) is 1.97. The van der Waals surface area contributed by atoms with Gasteiger partial charge in [0.25, 0.3) is 0 Å². The summed E-state index contributed by atoms with van der Waals surface area (Å²) in [5.41, 5.74) is 0. The van der Waals surface area contributed by atoms with Crippen molar-refractivity contribution >= 4 is 0 Å². The lowest BCUT2D eigenvalue weighted by atomic mass is 10.0. The lowest BCUT2D eigenvalue weighted by molar-refractivity contribution is -0.136. The molecule has 0 aromatic rings. The van der Waals surface area contributed by atoms with Gasteiger partial charge in [-0.15, -0.1) is 0 Å². The molecule has 1 aliphatic rings. The predicted molar refractivity (Wildman–Crippen MR) is 50.1 cm³/mol. The van der Waals surface area contributed by atoms with Crippen molar-refractivity contribution < 1.29 is 13.2 Å². The SMILES string of the molecule is N#CC1CCCCN1CCCC(F)(F)F. The molecule has 1 aliphatic heterocycles. The molecule has 15 heavy (non-hydrogen) atoms. The highest BCUT2D eigenvalue weighted by molar-refractivity contribution is 4.93. The molecule has 0 spiro atoms. The average molecular weight is 220 g/mol. The van der Waals surface area contributed by atoms with Crippen LogP contribution in [0.3, 0.4) is 0 Å². The number of hydrogen-bond acceptors (Lipinski definition) is 2.